The van der Waals surface area contributed by atoms with Gasteiger partial charge in [-0.1, -0.05) is 0 Å². The maximum atomic E-state index is 11.2. The van der Waals surface area contributed by atoms with E-state index in [1.54, 1.807) is 0 Å². The topological polar surface area (TPSA) is 106 Å². The van der Waals surface area contributed by atoms with Gasteiger partial charge in [-0.25, -0.2) is 14.6 Å². The molecule has 1 aromatic rings. The summed E-state index contributed by atoms with van der Waals surface area (Å²) in [5.74, 6) is -3.03. The smallest absolute Gasteiger partial charge is 0.357 e. The Labute approximate surface area is 90.2 Å². The molecular weight excluding hydrogens is 218 g/mol. The molecule has 16 heavy (non-hydrogen) atoms. The normalized spacial score (nSPS) is 9.62. The lowest BCUT2D eigenvalue weighted by molar-refractivity contribution is 0.0574. The first-order valence-electron chi connectivity index (χ1n) is 4.10. The van der Waals surface area contributed by atoms with Gasteiger partial charge in [-0.15, -0.1) is 0 Å². The number of carbonyl (C=O) groups excluding carboxylic acids is 1. The maximum absolute atomic E-state index is 11.2. The van der Waals surface area contributed by atoms with Crippen LogP contribution in [0.25, 0.3) is 0 Å². The minimum absolute atomic E-state index is 0.245. The summed E-state index contributed by atoms with van der Waals surface area (Å²) in [6, 6.07) is 0.875. The molecule has 0 atom stereocenters. The van der Waals surface area contributed by atoms with Crippen molar-refractivity contribution < 1.29 is 29.3 Å². The summed E-state index contributed by atoms with van der Waals surface area (Å²) in [5, 5.41) is 18.1. The molecule has 7 heteroatoms. The summed E-state index contributed by atoms with van der Waals surface area (Å²) >= 11 is 0. The maximum Gasteiger partial charge on any atom is 0.357 e. The van der Waals surface area contributed by atoms with Crippen molar-refractivity contribution in [2.45, 2.75) is 0 Å². The second kappa shape index (κ2) is 4.47. The number of carboxylic acid groups (broad SMARTS) is 1. The van der Waals surface area contributed by atoms with Crippen molar-refractivity contribution in [1.29, 1.82) is 0 Å². The molecule has 2 N–H and O–H groups in total. The molecule has 0 spiro atoms. The molecule has 1 aromatic heterocycles. The Morgan fingerprint density at radius 1 is 1.38 bits per heavy atom. The molecule has 1 rings (SSSR count). The van der Waals surface area contributed by atoms with E-state index in [0.29, 0.717) is 0 Å². The zero-order valence-corrected chi connectivity index (χ0v) is 8.55. The van der Waals surface area contributed by atoms with Crippen LogP contribution >= 0.6 is 0 Å². The zero-order chi connectivity index (χ0) is 12.3. The molecule has 0 radical (unpaired) electrons. The van der Waals surface area contributed by atoms with E-state index in [-0.39, 0.29) is 5.88 Å². The van der Waals surface area contributed by atoms with Crippen LogP contribution in [-0.4, -0.2) is 41.4 Å². The van der Waals surface area contributed by atoms with Crippen LogP contribution in [-0.2, 0) is 4.74 Å². The Hall–Kier alpha value is -2.31. The van der Waals surface area contributed by atoms with Crippen LogP contribution in [0, 0.1) is 0 Å². The largest absolute Gasteiger partial charge is 0.503 e. The van der Waals surface area contributed by atoms with Crippen molar-refractivity contribution in [3.05, 3.63) is 17.3 Å². The Morgan fingerprint density at radius 3 is 2.44 bits per heavy atom. The number of esters is 1. The summed E-state index contributed by atoms with van der Waals surface area (Å²) in [5.41, 5.74) is -0.880. The third-order valence-electron chi connectivity index (χ3n) is 1.77. The fourth-order valence-corrected chi connectivity index (χ4v) is 1.05. The number of aromatic nitrogens is 1. The second-order valence-electron chi connectivity index (χ2n) is 2.71. The average molecular weight is 227 g/mol. The van der Waals surface area contributed by atoms with Crippen molar-refractivity contribution >= 4 is 11.9 Å². The highest BCUT2D eigenvalue weighted by Gasteiger charge is 2.22. The number of ether oxygens (including phenoxy) is 2. The van der Waals surface area contributed by atoms with Crippen LogP contribution in [0.4, 0.5) is 0 Å². The highest BCUT2D eigenvalue weighted by Crippen LogP contribution is 2.26. The van der Waals surface area contributed by atoms with E-state index in [1.165, 1.54) is 7.11 Å². The van der Waals surface area contributed by atoms with Crippen LogP contribution in [0.15, 0.2) is 6.07 Å². The molecule has 0 fully saturated rings. The number of carboxylic acids is 1. The minimum atomic E-state index is -1.40. The quantitative estimate of drug-likeness (QED) is 0.714. The molecule has 0 saturated heterocycles. The summed E-state index contributed by atoms with van der Waals surface area (Å²) in [6.07, 6.45) is 0. The number of carbonyl (C=O) groups is 2. The first kappa shape index (κ1) is 11.8. The number of aromatic hydroxyl groups is 1. The first-order chi connectivity index (χ1) is 7.51. The number of hydrogen-bond donors (Lipinski definition) is 2. The summed E-state index contributed by atoms with van der Waals surface area (Å²) in [7, 11) is 2.32. The lowest BCUT2D eigenvalue weighted by atomic mass is 10.2. The molecule has 1 heterocycles. The Balaban J connectivity index is 3.42. The predicted octanol–water partition coefficient (Wildman–Crippen LogP) is 0.281. The van der Waals surface area contributed by atoms with E-state index < -0.39 is 28.9 Å². The molecular formula is C9H9NO6. The third kappa shape index (κ3) is 2.02. The summed E-state index contributed by atoms with van der Waals surface area (Å²) < 4.78 is 9.02. The number of methoxy groups -OCH3 is 2. The summed E-state index contributed by atoms with van der Waals surface area (Å²) in [4.78, 5) is 25.6. The van der Waals surface area contributed by atoms with E-state index in [0.717, 1.165) is 13.2 Å². The monoisotopic (exact) mass is 227 g/mol. The zero-order valence-electron chi connectivity index (χ0n) is 8.55. The minimum Gasteiger partial charge on any atom is -0.503 e. The molecule has 0 aromatic carbocycles. The van der Waals surface area contributed by atoms with Crippen molar-refractivity contribution in [1.82, 2.24) is 4.98 Å². The van der Waals surface area contributed by atoms with Gasteiger partial charge in [0.05, 0.1) is 19.8 Å². The Bertz CT molecular complexity index is 442. The van der Waals surface area contributed by atoms with Gasteiger partial charge in [0.25, 0.3) is 5.88 Å². The summed E-state index contributed by atoms with van der Waals surface area (Å²) in [6.45, 7) is 0. The van der Waals surface area contributed by atoms with Gasteiger partial charge < -0.3 is 19.7 Å². The molecule has 0 unspecified atom stereocenters. The molecule has 0 aliphatic carbocycles. The SMILES string of the molecule is COC(=O)c1nc(OC)c(O)cc1C(=O)O. The lowest BCUT2D eigenvalue weighted by Crippen LogP contribution is -2.13. The molecule has 86 valence electrons. The second-order valence-corrected chi connectivity index (χ2v) is 2.71. The number of aromatic carboxylic acids is 1. The van der Waals surface area contributed by atoms with E-state index in [1.807, 2.05) is 0 Å². The Kier molecular flexibility index (Phi) is 3.29. The standard InChI is InChI=1S/C9H9NO6/c1-15-7-5(11)3-4(8(12)13)6(10-7)9(14)16-2/h3,11H,1-2H3,(H,12,13). The highest BCUT2D eigenvalue weighted by molar-refractivity contribution is 6.01. The number of rotatable bonds is 3. The molecule has 0 aliphatic heterocycles. The van der Waals surface area contributed by atoms with Gasteiger partial charge in [-0.3, -0.25) is 0 Å². The van der Waals surface area contributed by atoms with Crippen LogP contribution in [0.3, 0.4) is 0 Å². The van der Waals surface area contributed by atoms with Gasteiger partial charge in [-0.05, 0) is 0 Å². The van der Waals surface area contributed by atoms with Gasteiger partial charge in [0.15, 0.2) is 11.4 Å². The van der Waals surface area contributed by atoms with Crippen LogP contribution in [0.1, 0.15) is 20.8 Å². The van der Waals surface area contributed by atoms with Crippen molar-refractivity contribution in [2.24, 2.45) is 0 Å². The average Bonchev–Trinajstić information content (AvgIpc) is 2.27. The van der Waals surface area contributed by atoms with E-state index >= 15 is 0 Å². The predicted molar refractivity (Wildman–Crippen MR) is 50.8 cm³/mol. The number of pyridine rings is 1. The van der Waals surface area contributed by atoms with Crippen LogP contribution in [0.2, 0.25) is 0 Å². The van der Waals surface area contributed by atoms with Gasteiger partial charge in [0.2, 0.25) is 0 Å². The van der Waals surface area contributed by atoms with Crippen LogP contribution < -0.4 is 4.74 Å². The van der Waals surface area contributed by atoms with Crippen molar-refractivity contribution in [2.75, 3.05) is 14.2 Å². The number of nitrogens with zero attached hydrogens (tertiary/aromatic N) is 1. The van der Waals surface area contributed by atoms with Gasteiger partial charge >= 0.3 is 11.9 Å². The molecule has 0 amide bonds. The van der Waals surface area contributed by atoms with Gasteiger partial charge in [0, 0.05) is 6.07 Å². The molecule has 7 nitrogen and oxygen atoms in total. The highest BCUT2D eigenvalue weighted by atomic mass is 16.5. The van der Waals surface area contributed by atoms with Crippen LogP contribution in [0.5, 0.6) is 11.6 Å². The molecule has 0 bridgehead atoms. The van der Waals surface area contributed by atoms with E-state index in [2.05, 4.69) is 14.5 Å². The molecule has 0 aliphatic rings. The first-order valence-corrected chi connectivity index (χ1v) is 4.10. The third-order valence-corrected chi connectivity index (χ3v) is 1.77. The van der Waals surface area contributed by atoms with E-state index in [4.69, 9.17) is 5.11 Å². The molecule has 0 saturated carbocycles. The van der Waals surface area contributed by atoms with Crippen molar-refractivity contribution in [3.8, 4) is 11.6 Å². The fraction of sp³-hybridized carbons (Fsp3) is 0.222. The van der Waals surface area contributed by atoms with Crippen molar-refractivity contribution in [3.63, 3.8) is 0 Å². The lowest BCUT2D eigenvalue weighted by Gasteiger charge is -2.07. The Morgan fingerprint density at radius 2 is 2.00 bits per heavy atom. The van der Waals surface area contributed by atoms with Gasteiger partial charge in [0.1, 0.15) is 0 Å². The van der Waals surface area contributed by atoms with E-state index in [9.17, 15) is 14.7 Å². The fourth-order valence-electron chi connectivity index (χ4n) is 1.05. The van der Waals surface area contributed by atoms with Gasteiger partial charge in [-0.2, -0.15) is 0 Å². The number of hydrogen-bond acceptors (Lipinski definition) is 6.